The van der Waals surface area contributed by atoms with Gasteiger partial charge in [-0.1, -0.05) is 0 Å². The highest BCUT2D eigenvalue weighted by Crippen LogP contribution is 2.37. The summed E-state index contributed by atoms with van der Waals surface area (Å²) in [7, 11) is -3.23. The molecule has 6 nitrogen and oxygen atoms in total. The number of pyridine rings is 1. The number of rotatable bonds is 2. The van der Waals surface area contributed by atoms with Crippen LogP contribution in [0.1, 0.15) is 24.0 Å². The summed E-state index contributed by atoms with van der Waals surface area (Å²) in [6.45, 7) is 1.34. The van der Waals surface area contributed by atoms with Crippen molar-refractivity contribution in [2.45, 2.75) is 30.2 Å². The zero-order chi connectivity index (χ0) is 16.7. The third-order valence-electron chi connectivity index (χ3n) is 4.69. The number of aromatic nitrogens is 1. The molecule has 2 aromatic rings. The predicted molar refractivity (Wildman–Crippen MR) is 89.7 cm³/mol. The van der Waals surface area contributed by atoms with Crippen LogP contribution in [0.4, 0.5) is 5.69 Å². The lowest BCUT2D eigenvalue weighted by Gasteiger charge is -2.25. The number of ether oxygens (including phenoxy) is 1. The SMILES string of the molecule is N#Cc1cnc2ccc3c(c2c1NC1CCCOC1)CCS3(=O)=O. The van der Waals surface area contributed by atoms with Gasteiger partial charge in [-0.3, -0.25) is 4.98 Å². The number of anilines is 1. The van der Waals surface area contributed by atoms with Crippen molar-refractivity contribution in [1.82, 2.24) is 4.98 Å². The van der Waals surface area contributed by atoms with E-state index in [9.17, 15) is 13.7 Å². The Balaban J connectivity index is 1.93. The van der Waals surface area contributed by atoms with Gasteiger partial charge in [0, 0.05) is 24.2 Å². The summed E-state index contributed by atoms with van der Waals surface area (Å²) in [4.78, 5) is 4.71. The van der Waals surface area contributed by atoms with Gasteiger partial charge in [-0.05, 0) is 37.0 Å². The third-order valence-corrected chi connectivity index (χ3v) is 6.48. The fraction of sp³-hybridized carbons (Fsp3) is 0.412. The van der Waals surface area contributed by atoms with Gasteiger partial charge in [-0.25, -0.2) is 8.42 Å². The maximum absolute atomic E-state index is 12.2. The average molecular weight is 343 g/mol. The first-order valence-corrected chi connectivity index (χ1v) is 9.67. The Morgan fingerprint density at radius 1 is 1.38 bits per heavy atom. The predicted octanol–water partition coefficient (Wildman–Crippen LogP) is 2.03. The number of nitrogens with zero attached hydrogens (tertiary/aromatic N) is 2. The molecule has 0 amide bonds. The van der Waals surface area contributed by atoms with Crippen LogP contribution in [0.25, 0.3) is 10.9 Å². The van der Waals surface area contributed by atoms with E-state index < -0.39 is 9.84 Å². The van der Waals surface area contributed by atoms with E-state index in [-0.39, 0.29) is 11.8 Å². The number of fused-ring (bicyclic) bond motifs is 3. The highest BCUT2D eigenvalue weighted by Gasteiger charge is 2.30. The van der Waals surface area contributed by atoms with Crippen LogP contribution in [0.2, 0.25) is 0 Å². The van der Waals surface area contributed by atoms with Crippen molar-refractivity contribution in [2.75, 3.05) is 24.3 Å². The normalized spacial score (nSPS) is 22.0. The molecule has 0 bridgehead atoms. The van der Waals surface area contributed by atoms with Crippen molar-refractivity contribution in [3.8, 4) is 6.07 Å². The minimum Gasteiger partial charge on any atom is -0.379 e. The summed E-state index contributed by atoms with van der Waals surface area (Å²) < 4.78 is 30.0. The monoisotopic (exact) mass is 343 g/mol. The fourth-order valence-electron chi connectivity index (χ4n) is 3.52. The van der Waals surface area contributed by atoms with E-state index in [4.69, 9.17) is 4.74 Å². The van der Waals surface area contributed by atoms with Crippen LogP contribution in [-0.2, 0) is 21.0 Å². The summed E-state index contributed by atoms with van der Waals surface area (Å²) in [5, 5.41) is 13.7. The second-order valence-corrected chi connectivity index (χ2v) is 8.30. The Morgan fingerprint density at radius 3 is 3.00 bits per heavy atom. The van der Waals surface area contributed by atoms with Crippen LogP contribution in [0.15, 0.2) is 23.2 Å². The molecule has 1 fully saturated rings. The van der Waals surface area contributed by atoms with Gasteiger partial charge in [-0.2, -0.15) is 5.26 Å². The number of sulfone groups is 1. The number of nitriles is 1. The van der Waals surface area contributed by atoms with E-state index in [1.165, 1.54) is 0 Å². The molecule has 0 radical (unpaired) electrons. The molecule has 0 saturated carbocycles. The Kier molecular flexibility index (Phi) is 3.66. The van der Waals surface area contributed by atoms with Crippen molar-refractivity contribution in [3.63, 3.8) is 0 Å². The van der Waals surface area contributed by atoms with E-state index in [1.807, 2.05) is 0 Å². The van der Waals surface area contributed by atoms with Crippen molar-refractivity contribution in [3.05, 3.63) is 29.5 Å². The van der Waals surface area contributed by atoms with Crippen LogP contribution in [0.3, 0.4) is 0 Å². The highest BCUT2D eigenvalue weighted by atomic mass is 32.2. The molecular weight excluding hydrogens is 326 g/mol. The Bertz CT molecular complexity index is 957. The van der Waals surface area contributed by atoms with Gasteiger partial charge < -0.3 is 10.1 Å². The van der Waals surface area contributed by atoms with Gasteiger partial charge in [0.1, 0.15) is 6.07 Å². The molecule has 1 N–H and O–H groups in total. The number of aryl methyl sites for hydroxylation is 1. The third kappa shape index (κ3) is 2.43. The molecule has 1 atom stereocenters. The van der Waals surface area contributed by atoms with Crippen LogP contribution >= 0.6 is 0 Å². The van der Waals surface area contributed by atoms with Crippen LogP contribution in [0.5, 0.6) is 0 Å². The molecule has 1 unspecified atom stereocenters. The molecule has 2 aliphatic heterocycles. The average Bonchev–Trinajstić information content (AvgIpc) is 2.91. The number of hydrogen-bond acceptors (Lipinski definition) is 6. The summed E-state index contributed by atoms with van der Waals surface area (Å²) in [6, 6.07) is 5.64. The molecule has 7 heteroatoms. The molecule has 1 saturated heterocycles. The lowest BCUT2D eigenvalue weighted by molar-refractivity contribution is 0.0876. The summed E-state index contributed by atoms with van der Waals surface area (Å²) >= 11 is 0. The molecule has 4 rings (SSSR count). The molecule has 1 aromatic carbocycles. The Hall–Kier alpha value is -2.17. The molecule has 0 spiro atoms. The van der Waals surface area contributed by atoms with Gasteiger partial charge in [0.2, 0.25) is 0 Å². The van der Waals surface area contributed by atoms with E-state index >= 15 is 0 Å². The second kappa shape index (κ2) is 5.72. The van der Waals surface area contributed by atoms with E-state index in [2.05, 4.69) is 16.4 Å². The summed E-state index contributed by atoms with van der Waals surface area (Å²) in [6.07, 6.45) is 3.93. The highest BCUT2D eigenvalue weighted by molar-refractivity contribution is 7.91. The van der Waals surface area contributed by atoms with Crippen LogP contribution < -0.4 is 5.32 Å². The van der Waals surface area contributed by atoms with Crippen molar-refractivity contribution in [2.24, 2.45) is 0 Å². The van der Waals surface area contributed by atoms with E-state index in [0.29, 0.717) is 34.7 Å². The van der Waals surface area contributed by atoms with Crippen molar-refractivity contribution < 1.29 is 13.2 Å². The van der Waals surface area contributed by atoms with Gasteiger partial charge in [0.05, 0.1) is 34.0 Å². The molecule has 2 aliphatic rings. The first-order valence-electron chi connectivity index (χ1n) is 8.02. The van der Waals surface area contributed by atoms with Crippen molar-refractivity contribution >= 4 is 26.4 Å². The van der Waals surface area contributed by atoms with E-state index in [1.54, 1.807) is 18.3 Å². The van der Waals surface area contributed by atoms with Gasteiger partial charge in [-0.15, -0.1) is 0 Å². The van der Waals surface area contributed by atoms with Gasteiger partial charge in [0.15, 0.2) is 9.84 Å². The Morgan fingerprint density at radius 2 is 2.25 bits per heavy atom. The largest absolute Gasteiger partial charge is 0.379 e. The fourth-order valence-corrected chi connectivity index (χ4v) is 5.06. The number of nitrogens with one attached hydrogen (secondary N) is 1. The molecule has 124 valence electrons. The standard InChI is InChI=1S/C17H17N3O3S/c18-8-11-9-19-14-3-4-15-13(5-7-24(15,21)22)16(14)17(11)20-12-2-1-6-23-10-12/h3-4,9,12H,1-2,5-7,10H2,(H,19,20). The lowest BCUT2D eigenvalue weighted by atomic mass is 10.0. The minimum absolute atomic E-state index is 0.115. The zero-order valence-electron chi connectivity index (χ0n) is 13.1. The molecule has 24 heavy (non-hydrogen) atoms. The molecule has 1 aromatic heterocycles. The lowest BCUT2D eigenvalue weighted by Crippen LogP contribution is -2.30. The summed E-state index contributed by atoms with van der Waals surface area (Å²) in [5.74, 6) is 0.115. The van der Waals surface area contributed by atoms with Gasteiger partial charge in [0.25, 0.3) is 0 Å². The zero-order valence-corrected chi connectivity index (χ0v) is 13.9. The maximum atomic E-state index is 12.2. The first-order chi connectivity index (χ1) is 11.6. The van der Waals surface area contributed by atoms with E-state index in [0.717, 1.165) is 30.4 Å². The molecule has 0 aliphatic carbocycles. The Labute approximate surface area is 140 Å². The van der Waals surface area contributed by atoms with Crippen LogP contribution in [-0.4, -0.2) is 38.4 Å². The van der Waals surface area contributed by atoms with Crippen LogP contribution in [0, 0.1) is 11.3 Å². The summed E-state index contributed by atoms with van der Waals surface area (Å²) in [5.41, 5.74) is 2.61. The number of hydrogen-bond donors (Lipinski definition) is 1. The molecule has 3 heterocycles. The second-order valence-electron chi connectivity index (χ2n) is 6.22. The van der Waals surface area contributed by atoms with Gasteiger partial charge >= 0.3 is 0 Å². The quantitative estimate of drug-likeness (QED) is 0.897. The maximum Gasteiger partial charge on any atom is 0.179 e. The van der Waals surface area contributed by atoms with Crippen molar-refractivity contribution in [1.29, 1.82) is 5.26 Å². The topological polar surface area (TPSA) is 92.1 Å². The number of benzene rings is 1. The smallest absolute Gasteiger partial charge is 0.179 e. The minimum atomic E-state index is -3.23. The molecular formula is C17H17N3O3S. The first kappa shape index (κ1) is 15.4.